The van der Waals surface area contributed by atoms with Crippen molar-refractivity contribution in [2.24, 2.45) is 5.92 Å². The molecule has 2 amide bonds. The van der Waals surface area contributed by atoms with E-state index in [-0.39, 0.29) is 6.03 Å². The Labute approximate surface area is 125 Å². The zero-order chi connectivity index (χ0) is 14.7. The fraction of sp³-hybridized carbons (Fsp3) is 0.389. The second kappa shape index (κ2) is 6.17. The second-order valence-electron chi connectivity index (χ2n) is 6.09. The molecule has 21 heavy (non-hydrogen) atoms. The highest BCUT2D eigenvalue weighted by atomic mass is 16.2. The molecular weight excluding hydrogens is 260 g/mol. The Morgan fingerprint density at radius 1 is 1.10 bits per heavy atom. The van der Waals surface area contributed by atoms with Gasteiger partial charge in [-0.15, -0.1) is 0 Å². The topological polar surface area (TPSA) is 41.1 Å². The molecule has 1 aliphatic carbocycles. The van der Waals surface area contributed by atoms with Crippen LogP contribution in [-0.4, -0.2) is 12.1 Å². The minimum absolute atomic E-state index is 0.0922. The van der Waals surface area contributed by atoms with Gasteiger partial charge in [-0.1, -0.05) is 56.2 Å². The third kappa shape index (κ3) is 3.35. The van der Waals surface area contributed by atoms with Crippen LogP contribution in [0.4, 0.5) is 10.5 Å². The van der Waals surface area contributed by atoms with Gasteiger partial charge >= 0.3 is 6.03 Å². The summed E-state index contributed by atoms with van der Waals surface area (Å²) in [5.41, 5.74) is 0.870. The van der Waals surface area contributed by atoms with Crippen LogP contribution >= 0.6 is 0 Å². The lowest BCUT2D eigenvalue weighted by molar-refractivity contribution is 0.238. The Hall–Kier alpha value is -2.03. The number of anilines is 1. The van der Waals surface area contributed by atoms with Gasteiger partial charge in [0, 0.05) is 11.4 Å². The monoisotopic (exact) mass is 282 g/mol. The fourth-order valence-corrected chi connectivity index (χ4v) is 3.24. The minimum Gasteiger partial charge on any atom is -0.335 e. The van der Waals surface area contributed by atoms with Crippen molar-refractivity contribution in [2.45, 2.75) is 38.6 Å². The molecule has 1 saturated carbocycles. The maximum atomic E-state index is 12.2. The lowest BCUT2D eigenvalue weighted by atomic mass is 9.87. The highest BCUT2D eigenvalue weighted by Crippen LogP contribution is 2.25. The molecule has 3 heteroatoms. The average Bonchev–Trinajstić information content (AvgIpc) is 2.47. The van der Waals surface area contributed by atoms with E-state index in [2.05, 4.69) is 29.7 Å². The summed E-state index contributed by atoms with van der Waals surface area (Å²) in [5, 5.41) is 8.33. The SMILES string of the molecule is C[C@H]1CCC[C@@H](NC(=O)Nc2cccc3ccccc23)C1. The molecule has 0 aliphatic heterocycles. The van der Waals surface area contributed by atoms with E-state index in [4.69, 9.17) is 0 Å². The first-order valence-electron chi connectivity index (χ1n) is 7.77. The summed E-state index contributed by atoms with van der Waals surface area (Å²) in [4.78, 5) is 12.2. The van der Waals surface area contributed by atoms with Crippen molar-refractivity contribution in [3.63, 3.8) is 0 Å². The van der Waals surface area contributed by atoms with Crippen molar-refractivity contribution >= 4 is 22.5 Å². The van der Waals surface area contributed by atoms with E-state index in [0.717, 1.165) is 29.3 Å². The smallest absolute Gasteiger partial charge is 0.319 e. The first-order valence-corrected chi connectivity index (χ1v) is 7.77. The minimum atomic E-state index is -0.0922. The van der Waals surface area contributed by atoms with Crippen molar-refractivity contribution in [3.05, 3.63) is 42.5 Å². The van der Waals surface area contributed by atoms with E-state index < -0.39 is 0 Å². The molecule has 3 rings (SSSR count). The van der Waals surface area contributed by atoms with Gasteiger partial charge in [0.25, 0.3) is 0 Å². The van der Waals surface area contributed by atoms with E-state index >= 15 is 0 Å². The van der Waals surface area contributed by atoms with Crippen LogP contribution < -0.4 is 10.6 Å². The Morgan fingerprint density at radius 3 is 2.76 bits per heavy atom. The van der Waals surface area contributed by atoms with Gasteiger partial charge in [0.1, 0.15) is 0 Å². The molecule has 1 fully saturated rings. The zero-order valence-electron chi connectivity index (χ0n) is 12.4. The number of rotatable bonds is 2. The summed E-state index contributed by atoms with van der Waals surface area (Å²) < 4.78 is 0. The lowest BCUT2D eigenvalue weighted by Crippen LogP contribution is -2.40. The van der Waals surface area contributed by atoms with Gasteiger partial charge in [0.2, 0.25) is 0 Å². The van der Waals surface area contributed by atoms with Crippen molar-refractivity contribution in [2.75, 3.05) is 5.32 Å². The summed E-state index contributed by atoms with van der Waals surface area (Å²) in [7, 11) is 0. The maximum absolute atomic E-state index is 12.2. The molecule has 0 unspecified atom stereocenters. The summed E-state index contributed by atoms with van der Waals surface area (Å²) in [6.07, 6.45) is 4.67. The second-order valence-corrected chi connectivity index (χ2v) is 6.09. The third-order valence-corrected chi connectivity index (χ3v) is 4.31. The van der Waals surface area contributed by atoms with Crippen LogP contribution in [0.2, 0.25) is 0 Å². The van der Waals surface area contributed by atoms with Crippen LogP contribution in [0.5, 0.6) is 0 Å². The number of carbonyl (C=O) groups is 1. The first kappa shape index (κ1) is 13.9. The van der Waals surface area contributed by atoms with Crippen LogP contribution in [0, 0.1) is 5.92 Å². The number of hydrogen-bond acceptors (Lipinski definition) is 1. The van der Waals surface area contributed by atoms with Gasteiger partial charge < -0.3 is 10.6 Å². The molecule has 2 N–H and O–H groups in total. The highest BCUT2D eigenvalue weighted by molar-refractivity contribution is 6.01. The molecule has 0 bridgehead atoms. The number of amides is 2. The van der Waals surface area contributed by atoms with E-state index in [1.165, 1.54) is 12.8 Å². The van der Waals surface area contributed by atoms with Crippen LogP contribution in [0.1, 0.15) is 32.6 Å². The molecule has 3 nitrogen and oxygen atoms in total. The predicted molar refractivity (Wildman–Crippen MR) is 87.5 cm³/mol. The van der Waals surface area contributed by atoms with Gasteiger partial charge in [-0.05, 0) is 30.2 Å². The summed E-state index contributed by atoms with van der Waals surface area (Å²) in [6.45, 7) is 2.26. The Balaban J connectivity index is 1.69. The van der Waals surface area contributed by atoms with Crippen LogP contribution in [0.25, 0.3) is 10.8 Å². The molecule has 0 radical (unpaired) electrons. The molecule has 0 aromatic heterocycles. The third-order valence-electron chi connectivity index (χ3n) is 4.31. The van der Waals surface area contributed by atoms with Crippen molar-refractivity contribution in [3.8, 4) is 0 Å². The van der Waals surface area contributed by atoms with Gasteiger partial charge in [0.05, 0.1) is 5.69 Å². The van der Waals surface area contributed by atoms with Gasteiger partial charge in [-0.2, -0.15) is 0 Å². The molecule has 2 aromatic rings. The quantitative estimate of drug-likeness (QED) is 0.834. The zero-order valence-corrected chi connectivity index (χ0v) is 12.4. The van der Waals surface area contributed by atoms with Crippen molar-refractivity contribution in [1.29, 1.82) is 0 Å². The normalized spacial score (nSPS) is 22.0. The van der Waals surface area contributed by atoms with Crippen LogP contribution in [0.3, 0.4) is 0 Å². The predicted octanol–water partition coefficient (Wildman–Crippen LogP) is 4.54. The number of benzene rings is 2. The van der Waals surface area contributed by atoms with E-state index in [1.807, 2.05) is 30.3 Å². The van der Waals surface area contributed by atoms with E-state index in [9.17, 15) is 4.79 Å². The maximum Gasteiger partial charge on any atom is 0.319 e. The summed E-state index contributed by atoms with van der Waals surface area (Å²) in [5.74, 6) is 0.710. The van der Waals surface area contributed by atoms with E-state index in [1.54, 1.807) is 0 Å². The molecule has 0 spiro atoms. The molecule has 0 saturated heterocycles. The molecule has 2 aromatic carbocycles. The molecule has 1 aliphatic rings. The standard InChI is InChI=1S/C18H22N2O/c1-13-6-4-9-15(12-13)19-18(21)20-17-11-5-8-14-7-2-3-10-16(14)17/h2-3,5,7-8,10-11,13,15H,4,6,9,12H2,1H3,(H2,19,20,21)/t13-,15+/m0/s1. The largest absolute Gasteiger partial charge is 0.335 e. The molecule has 2 atom stereocenters. The number of fused-ring (bicyclic) bond motifs is 1. The lowest BCUT2D eigenvalue weighted by Gasteiger charge is -2.27. The van der Waals surface area contributed by atoms with Crippen LogP contribution in [-0.2, 0) is 0 Å². The van der Waals surface area contributed by atoms with Crippen LogP contribution in [0.15, 0.2) is 42.5 Å². The number of urea groups is 1. The first-order chi connectivity index (χ1) is 10.2. The number of hydrogen-bond donors (Lipinski definition) is 2. The van der Waals surface area contributed by atoms with Crippen molar-refractivity contribution < 1.29 is 4.79 Å². The molecular formula is C18H22N2O. The highest BCUT2D eigenvalue weighted by Gasteiger charge is 2.20. The number of carbonyl (C=O) groups excluding carboxylic acids is 1. The Bertz CT molecular complexity index is 633. The molecule has 0 heterocycles. The van der Waals surface area contributed by atoms with E-state index in [0.29, 0.717) is 12.0 Å². The van der Waals surface area contributed by atoms with Gasteiger partial charge in [-0.3, -0.25) is 0 Å². The molecule has 110 valence electrons. The fourth-order valence-electron chi connectivity index (χ4n) is 3.24. The van der Waals surface area contributed by atoms with Gasteiger partial charge in [0.15, 0.2) is 0 Å². The Kier molecular flexibility index (Phi) is 4.09. The van der Waals surface area contributed by atoms with Gasteiger partial charge in [-0.25, -0.2) is 4.79 Å². The van der Waals surface area contributed by atoms with Crippen molar-refractivity contribution in [1.82, 2.24) is 5.32 Å². The Morgan fingerprint density at radius 2 is 1.90 bits per heavy atom. The number of nitrogens with one attached hydrogen (secondary N) is 2. The summed E-state index contributed by atoms with van der Waals surface area (Å²) in [6, 6.07) is 14.3. The summed E-state index contributed by atoms with van der Waals surface area (Å²) >= 11 is 0. The average molecular weight is 282 g/mol.